The van der Waals surface area contributed by atoms with Gasteiger partial charge in [-0.2, -0.15) is 0 Å². The molecular weight excluding hydrogens is 364 g/mol. The molecule has 2 rings (SSSR count). The van der Waals surface area contributed by atoms with E-state index in [1.807, 2.05) is 6.92 Å². The summed E-state index contributed by atoms with van der Waals surface area (Å²) in [5, 5.41) is 5.03. The second kappa shape index (κ2) is 6.51. The third-order valence-corrected chi connectivity index (χ3v) is 4.91. The molecule has 0 aliphatic heterocycles. The summed E-state index contributed by atoms with van der Waals surface area (Å²) in [6, 6.07) is 1.51. The molecule has 20 heavy (non-hydrogen) atoms. The average molecular weight is 377 g/mol. The van der Waals surface area contributed by atoms with Crippen LogP contribution in [0.5, 0.6) is 0 Å². The SMILES string of the molecule is CCCNc1ncc(Br)cc1S(=O)(=O)Nc1nccs1. The van der Waals surface area contributed by atoms with Crippen LogP contribution in [0.25, 0.3) is 0 Å². The van der Waals surface area contributed by atoms with Crippen LogP contribution in [-0.2, 0) is 10.0 Å². The predicted octanol–water partition coefficient (Wildman–Crippen LogP) is 2.92. The summed E-state index contributed by atoms with van der Waals surface area (Å²) in [5.41, 5.74) is 0. The van der Waals surface area contributed by atoms with E-state index in [0.717, 1.165) is 6.42 Å². The molecule has 0 aliphatic carbocycles. The van der Waals surface area contributed by atoms with E-state index in [-0.39, 0.29) is 4.90 Å². The Hall–Kier alpha value is -1.19. The highest BCUT2D eigenvalue weighted by Crippen LogP contribution is 2.25. The second-order valence-electron chi connectivity index (χ2n) is 3.87. The van der Waals surface area contributed by atoms with Crippen LogP contribution in [0.3, 0.4) is 0 Å². The van der Waals surface area contributed by atoms with Gasteiger partial charge in [0.05, 0.1) is 0 Å². The molecular formula is C11H13BrN4O2S2. The zero-order valence-electron chi connectivity index (χ0n) is 10.6. The van der Waals surface area contributed by atoms with Crippen LogP contribution < -0.4 is 10.0 Å². The Bertz CT molecular complexity index is 674. The number of aromatic nitrogens is 2. The fraction of sp³-hybridized carbons (Fsp3) is 0.273. The number of sulfonamides is 1. The monoisotopic (exact) mass is 376 g/mol. The van der Waals surface area contributed by atoms with Crippen molar-refractivity contribution in [3.05, 3.63) is 28.3 Å². The lowest BCUT2D eigenvalue weighted by Crippen LogP contribution is -2.16. The molecule has 108 valence electrons. The summed E-state index contributed by atoms with van der Waals surface area (Å²) < 4.78 is 27.8. The molecule has 2 aromatic heterocycles. The normalized spacial score (nSPS) is 11.3. The first-order chi connectivity index (χ1) is 9.53. The van der Waals surface area contributed by atoms with Crippen molar-refractivity contribution in [3.63, 3.8) is 0 Å². The highest BCUT2D eigenvalue weighted by Gasteiger charge is 2.21. The number of pyridine rings is 1. The fourth-order valence-corrected chi connectivity index (χ4v) is 3.88. The molecule has 6 nitrogen and oxygen atoms in total. The molecule has 0 radical (unpaired) electrons. The van der Waals surface area contributed by atoms with Gasteiger partial charge in [0, 0.05) is 28.8 Å². The minimum Gasteiger partial charge on any atom is -0.369 e. The first kappa shape index (κ1) is 15.2. The average Bonchev–Trinajstić information content (AvgIpc) is 2.89. The van der Waals surface area contributed by atoms with Crippen LogP contribution in [0.15, 0.2) is 33.2 Å². The fourth-order valence-electron chi connectivity index (χ4n) is 1.45. The molecule has 0 unspecified atom stereocenters. The van der Waals surface area contributed by atoms with Crippen LogP contribution in [-0.4, -0.2) is 24.9 Å². The van der Waals surface area contributed by atoms with E-state index in [2.05, 4.69) is 35.9 Å². The van der Waals surface area contributed by atoms with E-state index >= 15 is 0 Å². The minimum absolute atomic E-state index is 0.0931. The number of thiazole rings is 1. The van der Waals surface area contributed by atoms with Gasteiger partial charge in [0.1, 0.15) is 10.7 Å². The number of anilines is 2. The number of nitrogens with one attached hydrogen (secondary N) is 2. The van der Waals surface area contributed by atoms with Crippen LogP contribution in [0.4, 0.5) is 10.9 Å². The molecule has 0 bridgehead atoms. The molecule has 0 saturated heterocycles. The zero-order valence-corrected chi connectivity index (χ0v) is 13.8. The maximum absolute atomic E-state index is 12.4. The molecule has 2 aromatic rings. The van der Waals surface area contributed by atoms with Gasteiger partial charge < -0.3 is 5.32 Å². The summed E-state index contributed by atoms with van der Waals surface area (Å²) >= 11 is 4.46. The van der Waals surface area contributed by atoms with E-state index in [4.69, 9.17) is 0 Å². The number of rotatable bonds is 6. The highest BCUT2D eigenvalue weighted by molar-refractivity contribution is 9.10. The van der Waals surface area contributed by atoms with Gasteiger partial charge in [0.15, 0.2) is 5.13 Å². The van der Waals surface area contributed by atoms with Gasteiger partial charge in [-0.3, -0.25) is 4.72 Å². The lowest BCUT2D eigenvalue weighted by atomic mass is 10.4. The topological polar surface area (TPSA) is 84.0 Å². The zero-order chi connectivity index (χ0) is 14.6. The first-order valence-corrected chi connectivity index (χ1v) is 9.00. The van der Waals surface area contributed by atoms with Crippen molar-refractivity contribution in [3.8, 4) is 0 Å². The van der Waals surface area contributed by atoms with Gasteiger partial charge >= 0.3 is 0 Å². The molecule has 0 aliphatic rings. The van der Waals surface area contributed by atoms with Crippen molar-refractivity contribution < 1.29 is 8.42 Å². The highest BCUT2D eigenvalue weighted by atomic mass is 79.9. The van der Waals surface area contributed by atoms with Gasteiger partial charge in [-0.15, -0.1) is 11.3 Å². The largest absolute Gasteiger partial charge is 0.369 e. The van der Waals surface area contributed by atoms with Crippen molar-refractivity contribution in [2.24, 2.45) is 0 Å². The van der Waals surface area contributed by atoms with Gasteiger partial charge in [-0.1, -0.05) is 6.92 Å². The summed E-state index contributed by atoms with van der Waals surface area (Å²) in [6.45, 7) is 2.64. The van der Waals surface area contributed by atoms with E-state index in [0.29, 0.717) is 22.0 Å². The summed E-state index contributed by atoms with van der Waals surface area (Å²) in [6.07, 6.45) is 3.97. The third kappa shape index (κ3) is 3.68. The van der Waals surface area contributed by atoms with Gasteiger partial charge in [0.2, 0.25) is 0 Å². The maximum atomic E-state index is 12.4. The predicted molar refractivity (Wildman–Crippen MR) is 83.6 cm³/mol. The first-order valence-electron chi connectivity index (χ1n) is 5.84. The lowest BCUT2D eigenvalue weighted by molar-refractivity contribution is 0.601. The summed E-state index contributed by atoms with van der Waals surface area (Å²) in [5.74, 6) is 0.333. The van der Waals surface area contributed by atoms with Gasteiger partial charge in [-0.05, 0) is 28.4 Å². The minimum atomic E-state index is -3.72. The van der Waals surface area contributed by atoms with E-state index < -0.39 is 10.0 Å². The summed E-state index contributed by atoms with van der Waals surface area (Å²) in [4.78, 5) is 8.13. The Kier molecular flexibility index (Phi) is 4.95. The Morgan fingerprint density at radius 2 is 2.20 bits per heavy atom. The smallest absolute Gasteiger partial charge is 0.267 e. The van der Waals surface area contributed by atoms with E-state index in [1.54, 1.807) is 11.6 Å². The van der Waals surface area contributed by atoms with Gasteiger partial charge in [-0.25, -0.2) is 18.4 Å². The van der Waals surface area contributed by atoms with Crippen molar-refractivity contribution in [2.75, 3.05) is 16.6 Å². The maximum Gasteiger partial charge on any atom is 0.267 e. The Morgan fingerprint density at radius 1 is 1.40 bits per heavy atom. The van der Waals surface area contributed by atoms with Crippen molar-refractivity contribution >= 4 is 48.2 Å². The van der Waals surface area contributed by atoms with Crippen molar-refractivity contribution in [2.45, 2.75) is 18.2 Å². The second-order valence-corrected chi connectivity index (χ2v) is 7.33. The van der Waals surface area contributed by atoms with E-state index in [9.17, 15) is 8.42 Å². The van der Waals surface area contributed by atoms with Crippen LogP contribution in [0.2, 0.25) is 0 Å². The molecule has 0 saturated carbocycles. The molecule has 0 fully saturated rings. The van der Waals surface area contributed by atoms with Crippen LogP contribution in [0.1, 0.15) is 13.3 Å². The molecule has 0 amide bonds. The molecule has 9 heteroatoms. The number of halogens is 1. The molecule has 2 N–H and O–H groups in total. The molecule has 0 atom stereocenters. The molecule has 0 aromatic carbocycles. The Balaban J connectivity index is 2.36. The standard InChI is InChI=1S/C11H13BrN4O2S2/c1-2-3-13-10-9(6-8(12)7-15-10)20(17,18)16-11-14-4-5-19-11/h4-7H,2-3H2,1H3,(H,13,15)(H,14,16). The Morgan fingerprint density at radius 3 is 2.85 bits per heavy atom. The van der Waals surface area contributed by atoms with E-state index in [1.165, 1.54) is 23.6 Å². The van der Waals surface area contributed by atoms with Crippen molar-refractivity contribution in [1.82, 2.24) is 9.97 Å². The third-order valence-electron chi connectivity index (χ3n) is 2.31. The van der Waals surface area contributed by atoms with Crippen LogP contribution in [0, 0.1) is 0 Å². The van der Waals surface area contributed by atoms with Gasteiger partial charge in [0.25, 0.3) is 10.0 Å². The Labute approximate surface area is 129 Å². The molecule has 0 spiro atoms. The molecule has 2 heterocycles. The number of hydrogen-bond acceptors (Lipinski definition) is 6. The number of nitrogens with zero attached hydrogens (tertiary/aromatic N) is 2. The lowest BCUT2D eigenvalue weighted by Gasteiger charge is -2.11. The van der Waals surface area contributed by atoms with Crippen LogP contribution >= 0.6 is 27.3 Å². The van der Waals surface area contributed by atoms with Crippen molar-refractivity contribution in [1.29, 1.82) is 0 Å². The quantitative estimate of drug-likeness (QED) is 0.809. The summed E-state index contributed by atoms with van der Waals surface area (Å²) in [7, 11) is -3.72. The number of hydrogen-bond donors (Lipinski definition) is 2.